The van der Waals surface area contributed by atoms with Gasteiger partial charge >= 0.3 is 6.03 Å². The van der Waals surface area contributed by atoms with Crippen molar-refractivity contribution in [1.82, 2.24) is 10.2 Å². The number of anilines is 2. The first-order chi connectivity index (χ1) is 8.63. The minimum absolute atomic E-state index is 0.171. The van der Waals surface area contributed by atoms with Gasteiger partial charge in [-0.2, -0.15) is 0 Å². The zero-order valence-corrected chi connectivity index (χ0v) is 10.6. The Bertz CT molecular complexity index is 421. The summed E-state index contributed by atoms with van der Waals surface area (Å²) in [6.45, 7) is 2.89. The summed E-state index contributed by atoms with van der Waals surface area (Å²) < 4.78 is 0. The molecule has 0 spiro atoms. The summed E-state index contributed by atoms with van der Waals surface area (Å²) in [4.78, 5) is 14.0. The molecule has 2 rings (SSSR count). The number of carbonyl (C=O) groups excluding carboxylic acids is 1. The maximum atomic E-state index is 11.7. The Kier molecular flexibility index (Phi) is 4.04. The van der Waals surface area contributed by atoms with Crippen molar-refractivity contribution in [3.63, 3.8) is 0 Å². The van der Waals surface area contributed by atoms with Crippen LogP contribution < -0.4 is 16.4 Å². The lowest BCUT2D eigenvalue weighted by molar-refractivity contribution is 0.250. The molecule has 5 nitrogen and oxygen atoms in total. The first-order valence-electron chi connectivity index (χ1n) is 6.22. The number of hydrogen-bond donors (Lipinski definition) is 3. The van der Waals surface area contributed by atoms with Gasteiger partial charge in [-0.1, -0.05) is 6.07 Å². The molecular formula is C13H20N4O. The molecule has 18 heavy (non-hydrogen) atoms. The van der Waals surface area contributed by atoms with Crippen LogP contribution in [0.15, 0.2) is 24.3 Å². The molecule has 1 aromatic rings. The third kappa shape index (κ3) is 3.63. The summed E-state index contributed by atoms with van der Waals surface area (Å²) in [5.41, 5.74) is 7.01. The Morgan fingerprint density at radius 1 is 1.56 bits per heavy atom. The van der Waals surface area contributed by atoms with Gasteiger partial charge in [0.05, 0.1) is 0 Å². The number of hydrogen-bond acceptors (Lipinski definition) is 3. The number of carbonyl (C=O) groups is 1. The Labute approximate surface area is 107 Å². The number of amides is 2. The second-order valence-electron chi connectivity index (χ2n) is 4.88. The molecule has 2 amide bonds. The number of nitrogens with two attached hydrogens (primary N) is 1. The van der Waals surface area contributed by atoms with Crippen molar-refractivity contribution in [2.75, 3.05) is 37.7 Å². The molecule has 0 aromatic heterocycles. The predicted molar refractivity (Wildman–Crippen MR) is 73.5 cm³/mol. The molecule has 0 bridgehead atoms. The number of nitrogens with one attached hydrogen (secondary N) is 2. The number of nitrogen functional groups attached to an aromatic ring is 1. The van der Waals surface area contributed by atoms with E-state index in [9.17, 15) is 4.79 Å². The van der Waals surface area contributed by atoms with Gasteiger partial charge in [0.25, 0.3) is 0 Å². The van der Waals surface area contributed by atoms with E-state index in [1.54, 1.807) is 12.1 Å². The molecule has 5 heteroatoms. The summed E-state index contributed by atoms with van der Waals surface area (Å²) >= 11 is 0. The van der Waals surface area contributed by atoms with Crippen LogP contribution in [-0.4, -0.2) is 37.6 Å². The summed E-state index contributed by atoms with van der Waals surface area (Å²) in [6, 6.07) is 6.99. The molecule has 1 aliphatic rings. The molecule has 1 aromatic carbocycles. The van der Waals surface area contributed by atoms with Crippen LogP contribution in [0.2, 0.25) is 0 Å². The largest absolute Gasteiger partial charge is 0.399 e. The van der Waals surface area contributed by atoms with Crippen molar-refractivity contribution < 1.29 is 4.79 Å². The SMILES string of the molecule is CN1CCC(CNC(=O)Nc2cccc(N)c2)C1. The van der Waals surface area contributed by atoms with Gasteiger partial charge < -0.3 is 21.3 Å². The van der Waals surface area contributed by atoms with Gasteiger partial charge in [-0.05, 0) is 44.1 Å². The minimum atomic E-state index is -0.171. The second-order valence-corrected chi connectivity index (χ2v) is 4.88. The van der Waals surface area contributed by atoms with Crippen LogP contribution in [0.5, 0.6) is 0 Å². The predicted octanol–water partition coefficient (Wildman–Crippen LogP) is 1.34. The molecule has 0 aliphatic carbocycles. The highest BCUT2D eigenvalue weighted by molar-refractivity contribution is 5.89. The molecule has 1 aliphatic heterocycles. The lowest BCUT2D eigenvalue weighted by Crippen LogP contribution is -2.33. The fraction of sp³-hybridized carbons (Fsp3) is 0.462. The van der Waals surface area contributed by atoms with E-state index in [4.69, 9.17) is 5.73 Å². The van der Waals surface area contributed by atoms with Gasteiger partial charge in [0, 0.05) is 24.5 Å². The van der Waals surface area contributed by atoms with E-state index in [2.05, 4.69) is 22.6 Å². The standard InChI is InChI=1S/C13H20N4O/c1-17-6-5-10(9-17)8-15-13(18)16-12-4-2-3-11(14)7-12/h2-4,7,10H,5-6,8-9,14H2,1H3,(H2,15,16,18). The van der Waals surface area contributed by atoms with Crippen molar-refractivity contribution in [2.45, 2.75) is 6.42 Å². The second kappa shape index (κ2) is 5.73. The minimum Gasteiger partial charge on any atom is -0.399 e. The summed E-state index contributed by atoms with van der Waals surface area (Å²) in [6.07, 6.45) is 1.15. The topological polar surface area (TPSA) is 70.4 Å². The van der Waals surface area contributed by atoms with E-state index in [0.29, 0.717) is 11.6 Å². The van der Waals surface area contributed by atoms with Crippen molar-refractivity contribution >= 4 is 17.4 Å². The van der Waals surface area contributed by atoms with E-state index in [-0.39, 0.29) is 6.03 Å². The summed E-state index contributed by atoms with van der Waals surface area (Å²) in [5, 5.41) is 5.67. The molecule has 0 saturated carbocycles. The highest BCUT2D eigenvalue weighted by Crippen LogP contribution is 2.13. The highest BCUT2D eigenvalue weighted by atomic mass is 16.2. The summed E-state index contributed by atoms with van der Waals surface area (Å²) in [5.74, 6) is 0.557. The molecular weight excluding hydrogens is 228 g/mol. The first-order valence-corrected chi connectivity index (χ1v) is 6.22. The Morgan fingerprint density at radius 3 is 3.06 bits per heavy atom. The van der Waals surface area contributed by atoms with E-state index >= 15 is 0 Å². The van der Waals surface area contributed by atoms with Gasteiger partial charge in [0.2, 0.25) is 0 Å². The zero-order valence-electron chi connectivity index (χ0n) is 10.6. The van der Waals surface area contributed by atoms with Gasteiger partial charge in [-0.3, -0.25) is 0 Å². The molecule has 98 valence electrons. The van der Waals surface area contributed by atoms with E-state index in [1.165, 1.54) is 0 Å². The van der Waals surface area contributed by atoms with Crippen molar-refractivity contribution in [1.29, 1.82) is 0 Å². The average Bonchev–Trinajstić information content (AvgIpc) is 2.73. The van der Waals surface area contributed by atoms with E-state index < -0.39 is 0 Å². The third-order valence-electron chi connectivity index (χ3n) is 3.18. The van der Waals surface area contributed by atoms with Crippen LogP contribution in [0.3, 0.4) is 0 Å². The molecule has 4 N–H and O–H groups in total. The molecule has 1 fully saturated rings. The van der Waals surface area contributed by atoms with E-state index in [0.717, 1.165) is 31.7 Å². The molecule has 1 atom stereocenters. The Morgan fingerprint density at radius 2 is 2.39 bits per heavy atom. The third-order valence-corrected chi connectivity index (χ3v) is 3.18. The maximum Gasteiger partial charge on any atom is 0.319 e. The lowest BCUT2D eigenvalue weighted by atomic mass is 10.1. The number of likely N-dealkylation sites (tertiary alicyclic amines) is 1. The highest BCUT2D eigenvalue weighted by Gasteiger charge is 2.19. The van der Waals surface area contributed by atoms with Gasteiger partial charge in [0.1, 0.15) is 0 Å². The van der Waals surface area contributed by atoms with Crippen LogP contribution in [0.25, 0.3) is 0 Å². The number of nitrogens with zero attached hydrogens (tertiary/aromatic N) is 1. The molecule has 0 radical (unpaired) electrons. The maximum absolute atomic E-state index is 11.7. The van der Waals surface area contributed by atoms with Gasteiger partial charge in [-0.25, -0.2) is 4.79 Å². The van der Waals surface area contributed by atoms with Crippen molar-refractivity contribution in [3.8, 4) is 0 Å². The van der Waals surface area contributed by atoms with Gasteiger partial charge in [0.15, 0.2) is 0 Å². The van der Waals surface area contributed by atoms with Crippen molar-refractivity contribution in [3.05, 3.63) is 24.3 Å². The number of rotatable bonds is 3. The fourth-order valence-electron chi connectivity index (χ4n) is 2.22. The number of urea groups is 1. The van der Waals surface area contributed by atoms with Crippen LogP contribution in [0, 0.1) is 5.92 Å². The van der Waals surface area contributed by atoms with Crippen molar-refractivity contribution in [2.24, 2.45) is 5.92 Å². The quantitative estimate of drug-likeness (QED) is 0.707. The van der Waals surface area contributed by atoms with Crippen LogP contribution >= 0.6 is 0 Å². The lowest BCUT2D eigenvalue weighted by Gasteiger charge is -2.12. The Hall–Kier alpha value is -1.75. The van der Waals surface area contributed by atoms with Gasteiger partial charge in [-0.15, -0.1) is 0 Å². The molecule has 1 unspecified atom stereocenters. The smallest absolute Gasteiger partial charge is 0.319 e. The molecule has 1 heterocycles. The van der Waals surface area contributed by atoms with Crippen LogP contribution in [-0.2, 0) is 0 Å². The zero-order chi connectivity index (χ0) is 13.0. The first kappa shape index (κ1) is 12.7. The average molecular weight is 248 g/mol. The van der Waals surface area contributed by atoms with Crippen LogP contribution in [0.1, 0.15) is 6.42 Å². The Balaban J connectivity index is 1.75. The number of benzene rings is 1. The normalized spacial score (nSPS) is 19.7. The van der Waals surface area contributed by atoms with Crippen LogP contribution in [0.4, 0.5) is 16.2 Å². The van der Waals surface area contributed by atoms with E-state index in [1.807, 2.05) is 12.1 Å². The fourth-order valence-corrected chi connectivity index (χ4v) is 2.22. The monoisotopic (exact) mass is 248 g/mol. The summed E-state index contributed by atoms with van der Waals surface area (Å²) in [7, 11) is 2.10. The molecule has 1 saturated heterocycles.